The summed E-state index contributed by atoms with van der Waals surface area (Å²) in [5.74, 6) is 0.815. The van der Waals surface area contributed by atoms with Crippen LogP contribution < -0.4 is 15.8 Å². The Kier molecular flexibility index (Phi) is 5.42. The highest BCUT2D eigenvalue weighted by Crippen LogP contribution is 2.40. The van der Waals surface area contributed by atoms with Crippen molar-refractivity contribution in [2.24, 2.45) is 5.92 Å². The third-order valence-electron chi connectivity index (χ3n) is 4.34. The fourth-order valence-corrected chi connectivity index (χ4v) is 3.24. The Morgan fingerprint density at radius 3 is 2.87 bits per heavy atom. The summed E-state index contributed by atoms with van der Waals surface area (Å²) in [7, 11) is 0. The average molecular weight is 341 g/mol. The number of hydrogen-bond acceptors (Lipinski definition) is 4. The fourth-order valence-electron chi connectivity index (χ4n) is 3.24. The molecule has 0 spiro atoms. The van der Waals surface area contributed by atoms with E-state index in [0.29, 0.717) is 12.3 Å². The summed E-state index contributed by atoms with van der Waals surface area (Å²) in [6, 6.07) is 5.53. The molecule has 1 aromatic rings. The molecule has 2 aliphatic rings. The average Bonchev–Trinajstić information content (AvgIpc) is 2.48. The van der Waals surface area contributed by atoms with Gasteiger partial charge in [0.25, 0.3) is 0 Å². The van der Waals surface area contributed by atoms with E-state index in [2.05, 4.69) is 5.32 Å². The molecule has 3 N–H and O–H groups in total. The van der Waals surface area contributed by atoms with E-state index in [4.69, 9.17) is 15.2 Å². The van der Waals surface area contributed by atoms with Crippen LogP contribution in [0.1, 0.15) is 44.7 Å². The number of nitrogen functional groups attached to an aromatic ring is 1. The van der Waals surface area contributed by atoms with Gasteiger partial charge >= 0.3 is 0 Å². The van der Waals surface area contributed by atoms with Crippen LogP contribution in [0.3, 0.4) is 0 Å². The van der Waals surface area contributed by atoms with Gasteiger partial charge in [-0.25, -0.2) is 0 Å². The Hall–Kier alpha value is -1.46. The van der Waals surface area contributed by atoms with Crippen molar-refractivity contribution in [1.82, 2.24) is 5.32 Å². The zero-order valence-corrected chi connectivity index (χ0v) is 14.4. The number of fused-ring (bicyclic) bond motifs is 1. The van der Waals surface area contributed by atoms with Crippen molar-refractivity contribution in [3.63, 3.8) is 0 Å². The molecule has 0 radical (unpaired) electrons. The molecule has 5 nitrogen and oxygen atoms in total. The van der Waals surface area contributed by atoms with E-state index in [0.717, 1.165) is 37.2 Å². The highest BCUT2D eigenvalue weighted by molar-refractivity contribution is 5.85. The highest BCUT2D eigenvalue weighted by Gasteiger charge is 2.35. The normalized spacial score (nSPS) is 25.5. The van der Waals surface area contributed by atoms with Gasteiger partial charge in [-0.3, -0.25) is 4.79 Å². The van der Waals surface area contributed by atoms with Gasteiger partial charge in [0.2, 0.25) is 5.91 Å². The molecule has 1 aromatic carbocycles. The maximum Gasteiger partial charge on any atom is 0.225 e. The maximum atomic E-state index is 12.5. The van der Waals surface area contributed by atoms with Gasteiger partial charge in [0, 0.05) is 24.3 Å². The zero-order valence-electron chi connectivity index (χ0n) is 13.6. The molecule has 6 heteroatoms. The van der Waals surface area contributed by atoms with Gasteiger partial charge in [-0.1, -0.05) is 0 Å². The zero-order chi connectivity index (χ0) is 15.7. The molecule has 2 heterocycles. The molecular weight excluding hydrogens is 316 g/mol. The number of rotatable bonds is 2. The Bertz CT molecular complexity index is 571. The molecule has 3 rings (SSSR count). The lowest BCUT2D eigenvalue weighted by Crippen LogP contribution is -2.44. The van der Waals surface area contributed by atoms with Gasteiger partial charge in [0.15, 0.2) is 0 Å². The van der Waals surface area contributed by atoms with Crippen molar-refractivity contribution >= 4 is 24.0 Å². The molecule has 0 bridgehead atoms. The van der Waals surface area contributed by atoms with Crippen molar-refractivity contribution in [3.05, 3.63) is 23.8 Å². The van der Waals surface area contributed by atoms with Gasteiger partial charge < -0.3 is 20.5 Å². The summed E-state index contributed by atoms with van der Waals surface area (Å²) < 4.78 is 11.4. The molecule has 2 aliphatic heterocycles. The second kappa shape index (κ2) is 6.97. The van der Waals surface area contributed by atoms with Crippen molar-refractivity contribution in [2.75, 3.05) is 18.9 Å². The molecule has 2 unspecified atom stereocenters. The van der Waals surface area contributed by atoms with E-state index in [-0.39, 0.29) is 35.9 Å². The van der Waals surface area contributed by atoms with E-state index >= 15 is 0 Å². The van der Waals surface area contributed by atoms with Gasteiger partial charge in [0.05, 0.1) is 18.6 Å². The van der Waals surface area contributed by atoms with Gasteiger partial charge in [-0.2, -0.15) is 0 Å². The third-order valence-corrected chi connectivity index (χ3v) is 4.34. The monoisotopic (exact) mass is 340 g/mol. The summed E-state index contributed by atoms with van der Waals surface area (Å²) in [5, 5.41) is 3.17. The minimum Gasteiger partial charge on any atom is -0.487 e. The van der Waals surface area contributed by atoms with Crippen molar-refractivity contribution in [1.29, 1.82) is 0 Å². The van der Waals surface area contributed by atoms with E-state index in [1.54, 1.807) is 0 Å². The molecule has 1 saturated heterocycles. The molecule has 0 saturated carbocycles. The lowest BCUT2D eigenvalue weighted by molar-refractivity contribution is -0.130. The predicted octanol–water partition coefficient (Wildman–Crippen LogP) is 2.84. The fraction of sp³-hybridized carbons (Fsp3) is 0.588. The minimum absolute atomic E-state index is 0. The van der Waals surface area contributed by atoms with Crippen LogP contribution in [0.15, 0.2) is 18.2 Å². The van der Waals surface area contributed by atoms with Crippen molar-refractivity contribution in [3.8, 4) is 5.75 Å². The SMILES string of the molecule is CC1(C)CC(NC(=O)C2CCCOC2)c2cc(N)ccc2O1.Cl. The van der Waals surface area contributed by atoms with Crippen molar-refractivity contribution < 1.29 is 14.3 Å². The molecule has 0 aliphatic carbocycles. The van der Waals surface area contributed by atoms with Crippen LogP contribution in [0.5, 0.6) is 5.75 Å². The van der Waals surface area contributed by atoms with Crippen LogP contribution in [-0.4, -0.2) is 24.7 Å². The molecule has 128 valence electrons. The molecule has 1 amide bonds. The van der Waals surface area contributed by atoms with Crippen LogP contribution in [-0.2, 0) is 9.53 Å². The number of ether oxygens (including phenoxy) is 2. The Labute approximate surface area is 143 Å². The van der Waals surface area contributed by atoms with Gasteiger partial charge in [-0.15, -0.1) is 12.4 Å². The van der Waals surface area contributed by atoms with E-state index in [1.807, 2.05) is 32.0 Å². The first-order chi connectivity index (χ1) is 10.4. The highest BCUT2D eigenvalue weighted by atomic mass is 35.5. The number of halogens is 1. The van der Waals surface area contributed by atoms with Crippen LogP contribution >= 0.6 is 12.4 Å². The molecule has 0 aromatic heterocycles. The van der Waals surface area contributed by atoms with Gasteiger partial charge in [-0.05, 0) is 44.9 Å². The smallest absolute Gasteiger partial charge is 0.225 e. The number of benzene rings is 1. The second-order valence-electron chi connectivity index (χ2n) is 6.84. The number of nitrogens with two attached hydrogens (primary N) is 1. The van der Waals surface area contributed by atoms with Crippen molar-refractivity contribution in [2.45, 2.75) is 44.8 Å². The lowest BCUT2D eigenvalue weighted by atomic mass is 9.88. The number of amides is 1. The first kappa shape index (κ1) is 17.9. The minimum atomic E-state index is -0.315. The standard InChI is InChI=1S/C17H24N2O3.ClH/c1-17(2)9-14(13-8-12(18)5-6-15(13)22-17)19-16(20)11-4-3-7-21-10-11;/h5-6,8,11,14H,3-4,7,9-10,18H2,1-2H3,(H,19,20);1H. The van der Waals surface area contributed by atoms with Crippen LogP contribution in [0.25, 0.3) is 0 Å². The quantitative estimate of drug-likeness (QED) is 0.812. The van der Waals surface area contributed by atoms with E-state index in [9.17, 15) is 4.79 Å². The number of nitrogens with one attached hydrogen (secondary N) is 1. The lowest BCUT2D eigenvalue weighted by Gasteiger charge is -2.38. The molecule has 2 atom stereocenters. The molecule has 23 heavy (non-hydrogen) atoms. The van der Waals surface area contributed by atoms with E-state index < -0.39 is 0 Å². The summed E-state index contributed by atoms with van der Waals surface area (Å²) >= 11 is 0. The Morgan fingerprint density at radius 1 is 1.39 bits per heavy atom. The van der Waals surface area contributed by atoms with E-state index in [1.165, 1.54) is 0 Å². The summed E-state index contributed by atoms with van der Waals surface area (Å²) in [6.45, 7) is 5.35. The number of hydrogen-bond donors (Lipinski definition) is 2. The van der Waals surface area contributed by atoms with Crippen LogP contribution in [0, 0.1) is 5.92 Å². The summed E-state index contributed by atoms with van der Waals surface area (Å²) in [6.07, 6.45) is 2.56. The number of carbonyl (C=O) groups excluding carboxylic acids is 1. The topological polar surface area (TPSA) is 73.6 Å². The predicted molar refractivity (Wildman–Crippen MR) is 91.9 cm³/mol. The Morgan fingerprint density at radius 2 is 2.17 bits per heavy atom. The second-order valence-corrected chi connectivity index (χ2v) is 6.84. The molecule has 1 fully saturated rings. The van der Waals surface area contributed by atoms with Crippen LogP contribution in [0.4, 0.5) is 5.69 Å². The Balaban J connectivity index is 0.00000192. The maximum absolute atomic E-state index is 12.5. The first-order valence-electron chi connectivity index (χ1n) is 7.91. The number of anilines is 1. The van der Waals surface area contributed by atoms with Crippen LogP contribution in [0.2, 0.25) is 0 Å². The first-order valence-corrected chi connectivity index (χ1v) is 7.91. The summed E-state index contributed by atoms with van der Waals surface area (Å²) in [4.78, 5) is 12.5. The third kappa shape index (κ3) is 4.09. The molecular formula is C17H25ClN2O3. The van der Waals surface area contributed by atoms with Gasteiger partial charge in [0.1, 0.15) is 11.4 Å². The number of carbonyl (C=O) groups is 1. The largest absolute Gasteiger partial charge is 0.487 e. The summed E-state index contributed by atoms with van der Waals surface area (Å²) in [5.41, 5.74) is 7.23.